The zero-order valence-electron chi connectivity index (χ0n) is 13.0. The van der Waals surface area contributed by atoms with Crippen molar-refractivity contribution in [2.24, 2.45) is 5.92 Å². The third kappa shape index (κ3) is 3.24. The van der Waals surface area contributed by atoms with Crippen LogP contribution in [0.3, 0.4) is 0 Å². The summed E-state index contributed by atoms with van der Waals surface area (Å²) < 4.78 is 0. The number of hydrogen-bond donors (Lipinski definition) is 1. The lowest BCUT2D eigenvalue weighted by Crippen LogP contribution is -2.46. The number of rotatable bonds is 4. The summed E-state index contributed by atoms with van der Waals surface area (Å²) in [7, 11) is 0. The van der Waals surface area contributed by atoms with Gasteiger partial charge in [-0.2, -0.15) is 0 Å². The molecule has 3 heteroatoms. The van der Waals surface area contributed by atoms with Gasteiger partial charge in [0, 0.05) is 51.5 Å². The molecular weight excluding hydrogens is 258 g/mol. The van der Waals surface area contributed by atoms with Crippen molar-refractivity contribution in [2.45, 2.75) is 32.2 Å². The van der Waals surface area contributed by atoms with Crippen LogP contribution in [-0.4, -0.2) is 49.1 Å². The summed E-state index contributed by atoms with van der Waals surface area (Å²) in [6.45, 7) is 8.65. The van der Waals surface area contributed by atoms with Crippen LogP contribution in [0.15, 0.2) is 18.2 Å². The van der Waals surface area contributed by atoms with Crippen LogP contribution in [0.2, 0.25) is 0 Å². The van der Waals surface area contributed by atoms with Crippen molar-refractivity contribution in [3.05, 3.63) is 29.3 Å². The Balaban J connectivity index is 1.36. The van der Waals surface area contributed by atoms with Crippen LogP contribution >= 0.6 is 0 Å². The second kappa shape index (κ2) is 5.98. The molecule has 2 fully saturated rings. The second-order valence-electron chi connectivity index (χ2n) is 6.99. The van der Waals surface area contributed by atoms with Gasteiger partial charge < -0.3 is 10.2 Å². The van der Waals surface area contributed by atoms with E-state index in [2.05, 4.69) is 33.3 Å². The molecule has 4 rings (SSSR count). The Bertz CT molecular complexity index is 487. The molecule has 2 heterocycles. The van der Waals surface area contributed by atoms with Gasteiger partial charge in [0.15, 0.2) is 0 Å². The highest BCUT2D eigenvalue weighted by molar-refractivity contribution is 5.56. The Hall–Kier alpha value is -1.06. The van der Waals surface area contributed by atoms with Crippen LogP contribution in [0.1, 0.15) is 30.4 Å². The van der Waals surface area contributed by atoms with Crippen LogP contribution < -0.4 is 5.32 Å². The zero-order valence-corrected chi connectivity index (χ0v) is 13.0. The molecule has 3 nitrogen and oxygen atoms in total. The number of hydrogen-bond acceptors (Lipinski definition) is 3. The Morgan fingerprint density at radius 3 is 2.67 bits per heavy atom. The molecule has 0 atom stereocenters. The maximum Gasteiger partial charge on any atom is 0.0375 e. The van der Waals surface area contributed by atoms with Gasteiger partial charge in [-0.1, -0.05) is 12.1 Å². The third-order valence-electron chi connectivity index (χ3n) is 5.26. The maximum atomic E-state index is 3.55. The summed E-state index contributed by atoms with van der Waals surface area (Å²) in [6, 6.07) is 6.80. The Morgan fingerprint density at radius 2 is 1.86 bits per heavy atom. The van der Waals surface area contributed by atoms with Crippen molar-refractivity contribution in [1.82, 2.24) is 9.80 Å². The topological polar surface area (TPSA) is 18.5 Å². The predicted molar refractivity (Wildman–Crippen MR) is 87.7 cm³/mol. The molecule has 0 radical (unpaired) electrons. The zero-order chi connectivity index (χ0) is 14.1. The minimum absolute atomic E-state index is 1.03. The summed E-state index contributed by atoms with van der Waals surface area (Å²) in [5.74, 6) is 1.03. The van der Waals surface area contributed by atoms with Crippen molar-refractivity contribution < 1.29 is 0 Å². The van der Waals surface area contributed by atoms with E-state index in [9.17, 15) is 0 Å². The minimum atomic E-state index is 1.03. The largest absolute Gasteiger partial charge is 0.385 e. The summed E-state index contributed by atoms with van der Waals surface area (Å²) >= 11 is 0. The molecular formula is C18H27N3. The van der Waals surface area contributed by atoms with Crippen molar-refractivity contribution in [3.8, 4) is 0 Å². The maximum absolute atomic E-state index is 3.55. The van der Waals surface area contributed by atoms with Crippen molar-refractivity contribution >= 4 is 5.69 Å². The van der Waals surface area contributed by atoms with E-state index in [0.29, 0.717) is 0 Å². The molecule has 114 valence electrons. The van der Waals surface area contributed by atoms with Gasteiger partial charge in [0.05, 0.1) is 0 Å². The lowest BCUT2D eigenvalue weighted by molar-refractivity contribution is 0.123. The molecule has 0 bridgehead atoms. The van der Waals surface area contributed by atoms with Crippen molar-refractivity contribution in [3.63, 3.8) is 0 Å². The standard InChI is InChI=1S/C18H27N3/c1-3-16(17-4-2-8-19-18(17)5-1)14-21-11-9-20(10-12-21)13-15-6-7-15/h1,3,5,15,19H,2,4,6-14H2. The highest BCUT2D eigenvalue weighted by atomic mass is 15.3. The van der Waals surface area contributed by atoms with Gasteiger partial charge >= 0.3 is 0 Å². The van der Waals surface area contributed by atoms with Gasteiger partial charge in [0.2, 0.25) is 0 Å². The number of nitrogens with one attached hydrogen (secondary N) is 1. The fourth-order valence-electron chi connectivity index (χ4n) is 3.77. The first-order valence-electron chi connectivity index (χ1n) is 8.68. The molecule has 1 saturated heterocycles. The van der Waals surface area contributed by atoms with Crippen molar-refractivity contribution in [2.75, 3.05) is 44.6 Å². The fraction of sp³-hybridized carbons (Fsp3) is 0.667. The number of anilines is 1. The average molecular weight is 285 g/mol. The monoisotopic (exact) mass is 285 g/mol. The van der Waals surface area contributed by atoms with Gasteiger partial charge in [-0.05, 0) is 48.8 Å². The first kappa shape index (κ1) is 13.6. The third-order valence-corrected chi connectivity index (χ3v) is 5.26. The van der Waals surface area contributed by atoms with Crippen LogP contribution in [0, 0.1) is 5.92 Å². The molecule has 3 aliphatic rings. The Morgan fingerprint density at radius 1 is 1.05 bits per heavy atom. The summed E-state index contributed by atoms with van der Waals surface area (Å²) in [5.41, 5.74) is 4.51. The van der Waals surface area contributed by atoms with Gasteiger partial charge in [-0.25, -0.2) is 0 Å². The predicted octanol–water partition coefficient (Wildman–Crippen LogP) is 2.57. The number of benzene rings is 1. The number of nitrogens with zero attached hydrogens (tertiary/aromatic N) is 2. The van der Waals surface area contributed by atoms with Gasteiger partial charge in [0.1, 0.15) is 0 Å². The van der Waals surface area contributed by atoms with Gasteiger partial charge in [-0.3, -0.25) is 4.90 Å². The van der Waals surface area contributed by atoms with E-state index in [-0.39, 0.29) is 0 Å². The molecule has 1 aliphatic carbocycles. The molecule has 2 aliphatic heterocycles. The van der Waals surface area contributed by atoms with Crippen LogP contribution in [0.25, 0.3) is 0 Å². The molecule has 0 unspecified atom stereocenters. The summed E-state index contributed by atoms with van der Waals surface area (Å²) in [4.78, 5) is 5.32. The average Bonchev–Trinajstić information content (AvgIpc) is 3.34. The van der Waals surface area contributed by atoms with E-state index in [1.807, 2.05) is 0 Å². The fourth-order valence-corrected chi connectivity index (χ4v) is 3.77. The number of piperazine rings is 1. The van der Waals surface area contributed by atoms with E-state index in [1.54, 1.807) is 11.1 Å². The first-order valence-corrected chi connectivity index (χ1v) is 8.68. The molecule has 21 heavy (non-hydrogen) atoms. The first-order chi connectivity index (χ1) is 10.4. The summed E-state index contributed by atoms with van der Waals surface area (Å²) in [6.07, 6.45) is 5.48. The van der Waals surface area contributed by atoms with E-state index >= 15 is 0 Å². The minimum Gasteiger partial charge on any atom is -0.385 e. The summed E-state index contributed by atoms with van der Waals surface area (Å²) in [5, 5.41) is 3.55. The van der Waals surface area contributed by atoms with Gasteiger partial charge in [-0.15, -0.1) is 0 Å². The smallest absolute Gasteiger partial charge is 0.0375 e. The molecule has 1 aromatic carbocycles. The van der Waals surface area contributed by atoms with Crippen LogP contribution in [0.5, 0.6) is 0 Å². The van der Waals surface area contributed by atoms with E-state index < -0.39 is 0 Å². The highest BCUT2D eigenvalue weighted by Crippen LogP contribution is 2.30. The lowest BCUT2D eigenvalue weighted by atomic mass is 9.97. The quantitative estimate of drug-likeness (QED) is 0.917. The van der Waals surface area contributed by atoms with E-state index in [1.165, 1.54) is 64.1 Å². The van der Waals surface area contributed by atoms with Crippen LogP contribution in [0.4, 0.5) is 5.69 Å². The highest BCUT2D eigenvalue weighted by Gasteiger charge is 2.26. The molecule has 0 amide bonds. The number of fused-ring (bicyclic) bond motifs is 1. The van der Waals surface area contributed by atoms with Gasteiger partial charge in [0.25, 0.3) is 0 Å². The Kier molecular flexibility index (Phi) is 3.87. The van der Waals surface area contributed by atoms with E-state index in [0.717, 1.165) is 19.0 Å². The van der Waals surface area contributed by atoms with Crippen molar-refractivity contribution in [1.29, 1.82) is 0 Å². The normalized spacial score (nSPS) is 23.6. The second-order valence-corrected chi connectivity index (χ2v) is 6.99. The lowest BCUT2D eigenvalue weighted by Gasteiger charge is -2.35. The molecule has 1 aromatic rings. The molecule has 1 N–H and O–H groups in total. The van der Waals surface area contributed by atoms with Crippen LogP contribution in [-0.2, 0) is 13.0 Å². The molecule has 0 aromatic heterocycles. The Labute approximate surface area is 128 Å². The SMILES string of the molecule is c1cc(CN2CCN(CC3CC3)CC2)c2c(c1)NCCC2. The molecule has 0 spiro atoms. The van der Waals surface area contributed by atoms with E-state index in [4.69, 9.17) is 0 Å². The molecule has 1 saturated carbocycles.